The molecule has 160 valence electrons. The van der Waals surface area contributed by atoms with Gasteiger partial charge in [-0.2, -0.15) is 0 Å². The van der Waals surface area contributed by atoms with Crippen LogP contribution in [0.5, 0.6) is 0 Å². The van der Waals surface area contributed by atoms with Gasteiger partial charge in [0, 0.05) is 26.2 Å². The first-order valence-electron chi connectivity index (χ1n) is 10.1. The topological polar surface area (TPSA) is 92.6 Å². The first kappa shape index (κ1) is 20.7. The lowest BCUT2D eigenvalue weighted by atomic mass is 10.3. The lowest BCUT2D eigenvalue weighted by molar-refractivity contribution is -0.132. The van der Waals surface area contributed by atoms with Crippen LogP contribution in [-0.4, -0.2) is 83.2 Å². The van der Waals surface area contributed by atoms with Gasteiger partial charge in [-0.15, -0.1) is 10.2 Å². The molecule has 1 saturated heterocycles. The van der Waals surface area contributed by atoms with Gasteiger partial charge in [0.2, 0.25) is 17.8 Å². The molecule has 1 aromatic carbocycles. The van der Waals surface area contributed by atoms with Crippen molar-refractivity contribution in [1.29, 1.82) is 0 Å². The molecule has 2 aromatic rings. The third-order valence-electron chi connectivity index (χ3n) is 5.00. The molecular weight excluding hydrogens is 404 g/mol. The number of carbonyl (C=O) groups excluding carboxylic acids is 2. The molecule has 30 heavy (non-hydrogen) atoms. The van der Waals surface area contributed by atoms with Crippen molar-refractivity contribution in [2.24, 2.45) is 0 Å². The van der Waals surface area contributed by atoms with E-state index in [4.69, 9.17) is 4.74 Å². The van der Waals surface area contributed by atoms with Crippen LogP contribution in [0.4, 0.5) is 5.95 Å². The highest BCUT2D eigenvalue weighted by atomic mass is 32.2. The van der Waals surface area contributed by atoms with E-state index in [-0.39, 0.29) is 24.1 Å². The minimum Gasteiger partial charge on any atom is -0.378 e. The SMILES string of the molecule is CN(CC(=O)NC1CC1)C(=O)CSc1nnc(N2CCOCC2)n1-c1ccccc1. The van der Waals surface area contributed by atoms with E-state index < -0.39 is 0 Å². The van der Waals surface area contributed by atoms with Crippen molar-refractivity contribution in [3.63, 3.8) is 0 Å². The Hall–Kier alpha value is -2.59. The highest BCUT2D eigenvalue weighted by Gasteiger charge is 2.25. The lowest BCUT2D eigenvalue weighted by Gasteiger charge is -2.27. The molecule has 1 saturated carbocycles. The van der Waals surface area contributed by atoms with Crippen molar-refractivity contribution in [2.45, 2.75) is 24.0 Å². The average Bonchev–Trinajstić information content (AvgIpc) is 3.48. The summed E-state index contributed by atoms with van der Waals surface area (Å²) in [5.74, 6) is 0.694. The van der Waals surface area contributed by atoms with E-state index in [1.807, 2.05) is 34.9 Å². The van der Waals surface area contributed by atoms with Gasteiger partial charge in [0.15, 0.2) is 5.16 Å². The lowest BCUT2D eigenvalue weighted by Crippen LogP contribution is -2.39. The van der Waals surface area contributed by atoms with Crippen molar-refractivity contribution < 1.29 is 14.3 Å². The van der Waals surface area contributed by atoms with Crippen molar-refractivity contribution in [2.75, 3.05) is 50.5 Å². The van der Waals surface area contributed by atoms with Crippen molar-refractivity contribution in [3.8, 4) is 5.69 Å². The first-order chi connectivity index (χ1) is 14.6. The highest BCUT2D eigenvalue weighted by Crippen LogP contribution is 2.27. The second-order valence-electron chi connectivity index (χ2n) is 7.43. The van der Waals surface area contributed by atoms with Gasteiger partial charge in [0.05, 0.1) is 31.2 Å². The number of carbonyl (C=O) groups is 2. The monoisotopic (exact) mass is 430 g/mol. The second kappa shape index (κ2) is 9.48. The number of amides is 2. The Morgan fingerprint density at radius 3 is 2.63 bits per heavy atom. The maximum atomic E-state index is 12.6. The van der Waals surface area contributed by atoms with Crippen LogP contribution in [0, 0.1) is 0 Å². The molecule has 1 aliphatic carbocycles. The summed E-state index contributed by atoms with van der Waals surface area (Å²) in [4.78, 5) is 28.1. The number of likely N-dealkylation sites (N-methyl/N-ethyl adjacent to an activating group) is 1. The molecule has 2 aliphatic rings. The summed E-state index contributed by atoms with van der Waals surface area (Å²) >= 11 is 1.33. The highest BCUT2D eigenvalue weighted by molar-refractivity contribution is 7.99. The number of benzene rings is 1. The van der Waals surface area contributed by atoms with Gasteiger partial charge < -0.3 is 19.9 Å². The molecule has 0 bridgehead atoms. The number of para-hydroxylation sites is 1. The van der Waals surface area contributed by atoms with Crippen molar-refractivity contribution >= 4 is 29.5 Å². The Balaban J connectivity index is 1.44. The molecule has 10 heteroatoms. The fraction of sp³-hybridized carbons (Fsp3) is 0.500. The number of nitrogens with one attached hydrogen (secondary N) is 1. The Morgan fingerprint density at radius 1 is 1.20 bits per heavy atom. The van der Waals surface area contributed by atoms with Gasteiger partial charge in [-0.1, -0.05) is 30.0 Å². The van der Waals surface area contributed by atoms with Gasteiger partial charge in [-0.3, -0.25) is 14.2 Å². The van der Waals surface area contributed by atoms with Gasteiger partial charge in [0.1, 0.15) is 0 Å². The van der Waals surface area contributed by atoms with Crippen LogP contribution in [0.1, 0.15) is 12.8 Å². The molecule has 0 spiro atoms. The maximum absolute atomic E-state index is 12.6. The third-order valence-corrected chi connectivity index (χ3v) is 5.91. The molecule has 0 unspecified atom stereocenters. The molecule has 9 nitrogen and oxygen atoms in total. The molecule has 0 atom stereocenters. The number of aromatic nitrogens is 3. The molecule has 0 radical (unpaired) electrons. The number of rotatable bonds is 8. The minimum absolute atomic E-state index is 0.0697. The fourth-order valence-corrected chi connectivity index (χ4v) is 4.06. The normalized spacial score (nSPS) is 16.4. The molecule has 2 amide bonds. The molecule has 1 aromatic heterocycles. The van der Waals surface area contributed by atoms with Crippen LogP contribution in [0.15, 0.2) is 35.5 Å². The standard InChI is InChI=1S/C20H26N6O3S/c1-24(13-17(27)21-15-7-8-15)18(28)14-30-20-23-22-19(25-9-11-29-12-10-25)26(20)16-5-3-2-4-6-16/h2-6,15H,7-14H2,1H3,(H,21,27). The summed E-state index contributed by atoms with van der Waals surface area (Å²) in [5.41, 5.74) is 0.941. The zero-order chi connectivity index (χ0) is 20.9. The summed E-state index contributed by atoms with van der Waals surface area (Å²) in [5, 5.41) is 12.3. The molecular formula is C20H26N6O3S. The zero-order valence-electron chi connectivity index (χ0n) is 17.0. The molecule has 4 rings (SSSR count). The first-order valence-corrected chi connectivity index (χ1v) is 11.1. The summed E-state index contributed by atoms with van der Waals surface area (Å²) in [6.45, 7) is 2.85. The molecule has 2 fully saturated rings. The number of morpholine rings is 1. The van der Waals surface area contributed by atoms with Crippen LogP contribution < -0.4 is 10.2 Å². The third kappa shape index (κ3) is 5.11. The van der Waals surface area contributed by atoms with Crippen molar-refractivity contribution in [1.82, 2.24) is 25.0 Å². The molecule has 1 aliphatic heterocycles. The predicted octanol–water partition coefficient (Wildman–Crippen LogP) is 0.933. The van der Waals surface area contributed by atoms with E-state index in [0.717, 1.165) is 37.6 Å². The number of anilines is 1. The minimum atomic E-state index is -0.124. The zero-order valence-corrected chi connectivity index (χ0v) is 17.8. The smallest absolute Gasteiger partial charge is 0.239 e. The molecule has 1 N–H and O–H groups in total. The summed E-state index contributed by atoms with van der Waals surface area (Å²) in [6.07, 6.45) is 2.06. The van der Waals surface area contributed by atoms with E-state index in [0.29, 0.717) is 24.4 Å². The van der Waals surface area contributed by atoms with Crippen LogP contribution in [-0.2, 0) is 14.3 Å². The maximum Gasteiger partial charge on any atom is 0.239 e. The van der Waals surface area contributed by atoms with Crippen LogP contribution in [0.3, 0.4) is 0 Å². The summed E-state index contributed by atoms with van der Waals surface area (Å²) in [7, 11) is 1.65. The number of hydrogen-bond donors (Lipinski definition) is 1. The van der Waals surface area contributed by atoms with Crippen molar-refractivity contribution in [3.05, 3.63) is 30.3 Å². The number of thioether (sulfide) groups is 1. The number of nitrogens with zero attached hydrogens (tertiary/aromatic N) is 5. The average molecular weight is 431 g/mol. The van der Waals surface area contributed by atoms with Gasteiger partial charge in [-0.05, 0) is 25.0 Å². The van der Waals surface area contributed by atoms with Crippen LogP contribution in [0.2, 0.25) is 0 Å². The quantitative estimate of drug-likeness (QED) is 0.623. The van der Waals surface area contributed by atoms with E-state index in [2.05, 4.69) is 20.4 Å². The largest absolute Gasteiger partial charge is 0.378 e. The van der Waals surface area contributed by atoms with Gasteiger partial charge in [0.25, 0.3) is 0 Å². The Bertz CT molecular complexity index is 880. The Kier molecular flexibility index (Phi) is 6.53. The van der Waals surface area contributed by atoms with Crippen LogP contribution >= 0.6 is 11.8 Å². The number of hydrogen-bond acceptors (Lipinski definition) is 7. The van der Waals surface area contributed by atoms with E-state index >= 15 is 0 Å². The number of ether oxygens (including phenoxy) is 1. The van der Waals surface area contributed by atoms with E-state index in [9.17, 15) is 9.59 Å². The second-order valence-corrected chi connectivity index (χ2v) is 8.38. The van der Waals surface area contributed by atoms with Crippen LogP contribution in [0.25, 0.3) is 5.69 Å². The summed E-state index contributed by atoms with van der Waals surface area (Å²) in [6, 6.07) is 10.2. The molecule has 2 heterocycles. The van der Waals surface area contributed by atoms with Gasteiger partial charge in [-0.25, -0.2) is 0 Å². The summed E-state index contributed by atoms with van der Waals surface area (Å²) < 4.78 is 7.43. The van der Waals surface area contributed by atoms with Gasteiger partial charge >= 0.3 is 0 Å². The van der Waals surface area contributed by atoms with E-state index in [1.54, 1.807) is 7.05 Å². The predicted molar refractivity (Wildman–Crippen MR) is 114 cm³/mol. The Labute approximate surface area is 179 Å². The fourth-order valence-electron chi connectivity index (χ4n) is 3.17. The van der Waals surface area contributed by atoms with E-state index in [1.165, 1.54) is 16.7 Å². The Morgan fingerprint density at radius 2 is 1.93 bits per heavy atom.